The molecule has 0 saturated heterocycles. The normalized spacial score (nSPS) is 15.3. The second-order valence-corrected chi connectivity index (χ2v) is 9.25. The molecule has 11 heteroatoms. The Morgan fingerprint density at radius 3 is 2.56 bits per heavy atom. The molecule has 2 heterocycles. The molecular weight excluding hydrogens is 484 g/mol. The summed E-state index contributed by atoms with van der Waals surface area (Å²) in [6.45, 7) is 3.54. The SMILES string of the molecule is CCOC(=O)C1=C(C)N=c2s/c(=C/c3cccc([N+](=O)[O-])c3[O-])c(=O)n2[C@@H]1c1ccc(N(C)C)cc1. The first-order valence-electron chi connectivity index (χ1n) is 11.1. The lowest BCUT2D eigenvalue weighted by Crippen LogP contribution is -2.40. The van der Waals surface area contributed by atoms with Gasteiger partial charge in [-0.3, -0.25) is 19.5 Å². The molecule has 3 aromatic rings. The Bertz CT molecular complexity index is 1570. The highest BCUT2D eigenvalue weighted by atomic mass is 32.1. The van der Waals surface area contributed by atoms with Crippen molar-refractivity contribution in [2.24, 2.45) is 4.99 Å². The number of esters is 1. The minimum Gasteiger partial charge on any atom is -0.867 e. The number of thiazole rings is 1. The summed E-state index contributed by atoms with van der Waals surface area (Å²) >= 11 is 1.04. The van der Waals surface area contributed by atoms with E-state index >= 15 is 0 Å². The lowest BCUT2D eigenvalue weighted by atomic mass is 9.95. The predicted molar refractivity (Wildman–Crippen MR) is 134 cm³/mol. The maximum atomic E-state index is 13.6. The van der Waals surface area contributed by atoms with E-state index < -0.39 is 33.9 Å². The summed E-state index contributed by atoms with van der Waals surface area (Å²) in [5, 5.41) is 23.7. The van der Waals surface area contributed by atoms with Gasteiger partial charge in [0, 0.05) is 25.8 Å². The van der Waals surface area contributed by atoms with Crippen molar-refractivity contribution in [3.05, 3.63) is 94.7 Å². The zero-order chi connectivity index (χ0) is 26.1. The number of anilines is 1. The number of ether oxygens (including phenoxy) is 1. The summed E-state index contributed by atoms with van der Waals surface area (Å²) < 4.78 is 6.86. The predicted octanol–water partition coefficient (Wildman–Crippen LogP) is 1.85. The zero-order valence-electron chi connectivity index (χ0n) is 20.0. The molecule has 0 aliphatic carbocycles. The quantitative estimate of drug-likeness (QED) is 0.283. The maximum absolute atomic E-state index is 13.6. The average Bonchev–Trinajstić information content (AvgIpc) is 3.13. The Kier molecular flexibility index (Phi) is 6.75. The van der Waals surface area contributed by atoms with Crippen LogP contribution in [0.25, 0.3) is 6.08 Å². The molecule has 0 radical (unpaired) electrons. The van der Waals surface area contributed by atoms with Crippen molar-refractivity contribution in [3.63, 3.8) is 0 Å². The van der Waals surface area contributed by atoms with Gasteiger partial charge in [-0.15, -0.1) is 0 Å². The van der Waals surface area contributed by atoms with Crippen LogP contribution in [0, 0.1) is 10.1 Å². The summed E-state index contributed by atoms with van der Waals surface area (Å²) in [6, 6.07) is 10.6. The molecule has 2 aromatic carbocycles. The van der Waals surface area contributed by atoms with Crippen LogP contribution in [0.3, 0.4) is 0 Å². The number of hydrogen-bond acceptors (Lipinski definition) is 9. The van der Waals surface area contributed by atoms with Crippen LogP contribution >= 0.6 is 11.3 Å². The standard InChI is InChI=1S/C25H24N4O6S/c1-5-35-24(32)20-14(2)26-25-28(21(20)15-9-11-17(12-10-15)27(3)4)23(31)19(36-25)13-16-7-6-8-18(22(16)30)29(33)34/h6-13,21,30H,5H2,1-4H3/p-1/b19-13+/t21-/m1/s1. The number of rotatable bonds is 6. The van der Waals surface area contributed by atoms with Crippen molar-refractivity contribution in [1.29, 1.82) is 0 Å². The van der Waals surface area contributed by atoms with Gasteiger partial charge in [-0.25, -0.2) is 9.79 Å². The van der Waals surface area contributed by atoms with Crippen molar-refractivity contribution in [2.75, 3.05) is 25.6 Å². The zero-order valence-corrected chi connectivity index (χ0v) is 20.9. The number of carbonyl (C=O) groups is 1. The lowest BCUT2D eigenvalue weighted by molar-refractivity contribution is -0.398. The molecule has 1 aliphatic rings. The first-order valence-corrected chi connectivity index (χ1v) is 11.9. The van der Waals surface area contributed by atoms with Crippen LogP contribution in [-0.4, -0.2) is 36.2 Å². The smallest absolute Gasteiger partial charge is 0.338 e. The van der Waals surface area contributed by atoms with E-state index in [9.17, 15) is 24.8 Å². The Morgan fingerprint density at radius 2 is 1.94 bits per heavy atom. The first kappa shape index (κ1) is 24.9. The van der Waals surface area contributed by atoms with E-state index in [1.54, 1.807) is 13.8 Å². The van der Waals surface area contributed by atoms with Gasteiger partial charge in [-0.2, -0.15) is 0 Å². The molecule has 0 bridgehead atoms. The lowest BCUT2D eigenvalue weighted by Gasteiger charge is -2.25. The second-order valence-electron chi connectivity index (χ2n) is 8.24. The van der Waals surface area contributed by atoms with Crippen LogP contribution in [0.1, 0.15) is 31.0 Å². The number of nitrogens with zero attached hydrogens (tertiary/aromatic N) is 4. The third-order valence-electron chi connectivity index (χ3n) is 5.75. The number of allylic oxidation sites excluding steroid dienone is 1. The molecule has 1 aromatic heterocycles. The number of nitro benzene ring substituents is 1. The van der Waals surface area contributed by atoms with E-state index in [4.69, 9.17) is 4.74 Å². The van der Waals surface area contributed by atoms with Gasteiger partial charge in [-0.05, 0) is 48.9 Å². The molecule has 0 spiro atoms. The highest BCUT2D eigenvalue weighted by molar-refractivity contribution is 7.07. The molecule has 0 unspecified atom stereocenters. The Balaban J connectivity index is 1.95. The molecular formula is C25H23N4O6S-. The van der Waals surface area contributed by atoms with Crippen molar-refractivity contribution in [1.82, 2.24) is 4.57 Å². The van der Waals surface area contributed by atoms with Crippen LogP contribution in [0.5, 0.6) is 5.75 Å². The molecule has 36 heavy (non-hydrogen) atoms. The van der Waals surface area contributed by atoms with Gasteiger partial charge in [0.05, 0.1) is 33.4 Å². The number of carbonyl (C=O) groups excluding carboxylic acids is 1. The molecule has 186 valence electrons. The van der Waals surface area contributed by atoms with Gasteiger partial charge in [0.15, 0.2) is 4.80 Å². The minimum atomic E-state index is -0.796. The van der Waals surface area contributed by atoms with Crippen LogP contribution in [-0.2, 0) is 9.53 Å². The van der Waals surface area contributed by atoms with E-state index in [0.717, 1.165) is 23.1 Å². The van der Waals surface area contributed by atoms with Gasteiger partial charge in [0.1, 0.15) is 0 Å². The van der Waals surface area contributed by atoms with Crippen LogP contribution in [0.15, 0.2) is 63.5 Å². The van der Waals surface area contributed by atoms with E-state index in [-0.39, 0.29) is 22.3 Å². The van der Waals surface area contributed by atoms with Gasteiger partial charge in [0.25, 0.3) is 11.2 Å². The van der Waals surface area contributed by atoms with Crippen LogP contribution in [0.4, 0.5) is 11.4 Å². The molecule has 0 amide bonds. The summed E-state index contributed by atoms with van der Waals surface area (Å²) in [4.78, 5) is 43.7. The number of aromatic nitrogens is 1. The summed E-state index contributed by atoms with van der Waals surface area (Å²) in [7, 11) is 3.81. The van der Waals surface area contributed by atoms with Gasteiger partial charge >= 0.3 is 5.97 Å². The third kappa shape index (κ3) is 4.40. The topological polar surface area (TPSA) is 130 Å². The molecule has 0 N–H and O–H groups in total. The average molecular weight is 508 g/mol. The fraction of sp³-hybridized carbons (Fsp3) is 0.240. The fourth-order valence-corrected chi connectivity index (χ4v) is 5.04. The minimum absolute atomic E-state index is 0.0164. The van der Waals surface area contributed by atoms with Gasteiger partial charge < -0.3 is 14.7 Å². The van der Waals surface area contributed by atoms with Crippen molar-refractivity contribution >= 4 is 34.8 Å². The Morgan fingerprint density at radius 1 is 1.25 bits per heavy atom. The monoisotopic (exact) mass is 507 g/mol. The summed E-state index contributed by atoms with van der Waals surface area (Å²) in [5.74, 6) is -1.36. The molecule has 1 atom stereocenters. The molecule has 0 saturated carbocycles. The molecule has 0 fully saturated rings. The van der Waals surface area contributed by atoms with Crippen LogP contribution < -0.4 is 24.9 Å². The highest BCUT2D eigenvalue weighted by Crippen LogP contribution is 2.32. The largest absolute Gasteiger partial charge is 0.867 e. The van der Waals surface area contributed by atoms with E-state index in [2.05, 4.69) is 4.99 Å². The Hall–Kier alpha value is -4.25. The van der Waals surface area contributed by atoms with Gasteiger partial charge in [-0.1, -0.05) is 35.6 Å². The van der Waals surface area contributed by atoms with Crippen molar-refractivity contribution in [3.8, 4) is 5.75 Å². The molecule has 4 rings (SSSR count). The number of benzene rings is 2. The Labute approximate surface area is 209 Å². The third-order valence-corrected chi connectivity index (χ3v) is 6.73. The molecule has 10 nitrogen and oxygen atoms in total. The van der Waals surface area contributed by atoms with Crippen molar-refractivity contribution in [2.45, 2.75) is 19.9 Å². The summed E-state index contributed by atoms with van der Waals surface area (Å²) in [5.41, 5.74) is 1.26. The number of para-hydroxylation sites is 1. The number of hydrogen-bond donors (Lipinski definition) is 0. The first-order chi connectivity index (χ1) is 17.1. The van der Waals surface area contributed by atoms with E-state index in [0.29, 0.717) is 16.1 Å². The van der Waals surface area contributed by atoms with Gasteiger partial charge in [0.2, 0.25) is 0 Å². The van der Waals surface area contributed by atoms with Crippen LogP contribution in [0.2, 0.25) is 0 Å². The van der Waals surface area contributed by atoms with E-state index in [1.165, 1.54) is 22.8 Å². The molecule has 1 aliphatic heterocycles. The maximum Gasteiger partial charge on any atom is 0.338 e. The van der Waals surface area contributed by atoms with E-state index in [1.807, 2.05) is 43.3 Å². The number of nitro groups is 1. The summed E-state index contributed by atoms with van der Waals surface area (Å²) in [6.07, 6.45) is 1.33. The fourth-order valence-electron chi connectivity index (χ4n) is 4.00. The van der Waals surface area contributed by atoms with Crippen molar-refractivity contribution < 1.29 is 19.6 Å². The highest BCUT2D eigenvalue weighted by Gasteiger charge is 2.33. The number of fused-ring (bicyclic) bond motifs is 1. The second kappa shape index (κ2) is 9.78.